The summed E-state index contributed by atoms with van der Waals surface area (Å²) in [6.07, 6.45) is 21.8. The van der Waals surface area contributed by atoms with Gasteiger partial charge in [-0.25, -0.2) is 0 Å². The molecule has 0 fully saturated rings. The standard InChI is InChI=1S/C27H48O3/c1-2-3-4-5-6-7-8-9-10-11-12-13-14-15-16-20-23-29-25-27(24-28)30-26-21-18-17-19-22-26/h17-19,21-22,27-28H,2-16,20,23-25H2,1H3. The van der Waals surface area contributed by atoms with Crippen molar-refractivity contribution in [3.05, 3.63) is 30.3 Å². The van der Waals surface area contributed by atoms with E-state index in [2.05, 4.69) is 6.92 Å². The molecule has 1 aromatic rings. The van der Waals surface area contributed by atoms with Gasteiger partial charge in [0.1, 0.15) is 11.9 Å². The van der Waals surface area contributed by atoms with Gasteiger partial charge in [-0.15, -0.1) is 0 Å². The Kier molecular flexibility index (Phi) is 19.0. The van der Waals surface area contributed by atoms with Crippen molar-refractivity contribution in [1.82, 2.24) is 0 Å². The first-order valence-electron chi connectivity index (χ1n) is 12.8. The molecule has 174 valence electrons. The minimum Gasteiger partial charge on any atom is -0.486 e. The van der Waals surface area contributed by atoms with Crippen molar-refractivity contribution >= 4 is 0 Å². The fourth-order valence-electron chi connectivity index (χ4n) is 3.78. The van der Waals surface area contributed by atoms with Crippen molar-refractivity contribution in [2.45, 2.75) is 116 Å². The fraction of sp³-hybridized carbons (Fsp3) is 0.778. The Morgan fingerprint density at radius 3 is 1.60 bits per heavy atom. The molecule has 0 amide bonds. The van der Waals surface area contributed by atoms with Crippen LogP contribution in [0.4, 0.5) is 0 Å². The number of ether oxygens (including phenoxy) is 2. The number of benzene rings is 1. The summed E-state index contributed by atoms with van der Waals surface area (Å²) in [7, 11) is 0. The summed E-state index contributed by atoms with van der Waals surface area (Å²) < 4.78 is 11.4. The van der Waals surface area contributed by atoms with E-state index < -0.39 is 0 Å². The average molecular weight is 421 g/mol. The summed E-state index contributed by atoms with van der Waals surface area (Å²) in [6, 6.07) is 9.62. The number of hydrogen-bond donors (Lipinski definition) is 1. The summed E-state index contributed by atoms with van der Waals surface area (Å²) >= 11 is 0. The number of aliphatic hydroxyl groups is 1. The molecule has 3 nitrogen and oxygen atoms in total. The molecule has 0 radical (unpaired) electrons. The Morgan fingerprint density at radius 2 is 1.13 bits per heavy atom. The van der Waals surface area contributed by atoms with Crippen molar-refractivity contribution in [2.75, 3.05) is 19.8 Å². The highest BCUT2D eigenvalue weighted by Gasteiger charge is 2.09. The molecule has 1 atom stereocenters. The highest BCUT2D eigenvalue weighted by Crippen LogP contribution is 2.14. The van der Waals surface area contributed by atoms with Gasteiger partial charge in [0, 0.05) is 6.61 Å². The van der Waals surface area contributed by atoms with Crippen LogP contribution in [0.5, 0.6) is 5.75 Å². The minimum absolute atomic E-state index is 0.0200. The highest BCUT2D eigenvalue weighted by atomic mass is 16.5. The predicted octanol–water partition coefficient (Wildman–Crippen LogP) is 7.70. The van der Waals surface area contributed by atoms with Gasteiger partial charge in [0.05, 0.1) is 13.2 Å². The topological polar surface area (TPSA) is 38.7 Å². The third kappa shape index (κ3) is 16.7. The van der Waals surface area contributed by atoms with Gasteiger partial charge in [-0.2, -0.15) is 0 Å². The normalized spacial score (nSPS) is 12.2. The number of aliphatic hydroxyl groups excluding tert-OH is 1. The van der Waals surface area contributed by atoms with Crippen molar-refractivity contribution in [1.29, 1.82) is 0 Å². The third-order valence-electron chi connectivity index (χ3n) is 5.70. The molecule has 30 heavy (non-hydrogen) atoms. The quantitative estimate of drug-likeness (QED) is 0.195. The van der Waals surface area contributed by atoms with Crippen molar-refractivity contribution < 1.29 is 14.6 Å². The molecule has 0 bridgehead atoms. The van der Waals surface area contributed by atoms with E-state index in [-0.39, 0.29) is 12.7 Å². The maximum Gasteiger partial charge on any atom is 0.145 e. The van der Waals surface area contributed by atoms with E-state index in [1.165, 1.54) is 96.3 Å². The molecule has 0 aliphatic heterocycles. The molecular weight excluding hydrogens is 372 g/mol. The maximum atomic E-state index is 9.43. The van der Waals surface area contributed by atoms with Gasteiger partial charge >= 0.3 is 0 Å². The maximum absolute atomic E-state index is 9.43. The molecule has 0 aliphatic rings. The molecule has 1 unspecified atom stereocenters. The zero-order valence-corrected chi connectivity index (χ0v) is 19.7. The van der Waals surface area contributed by atoms with E-state index in [0.717, 1.165) is 18.8 Å². The molecule has 0 heterocycles. The summed E-state index contributed by atoms with van der Waals surface area (Å²) in [6.45, 7) is 3.47. The summed E-state index contributed by atoms with van der Waals surface area (Å²) in [5, 5.41) is 9.43. The molecule has 1 aromatic carbocycles. The zero-order chi connectivity index (χ0) is 21.5. The van der Waals surface area contributed by atoms with Crippen molar-refractivity contribution in [3.63, 3.8) is 0 Å². The van der Waals surface area contributed by atoms with Gasteiger partial charge in [0.15, 0.2) is 0 Å². The summed E-state index contributed by atoms with van der Waals surface area (Å²) in [5.74, 6) is 0.780. The van der Waals surface area contributed by atoms with Crippen LogP contribution in [0.3, 0.4) is 0 Å². The first kappa shape index (κ1) is 27.0. The predicted molar refractivity (Wildman–Crippen MR) is 128 cm³/mol. The summed E-state index contributed by atoms with van der Waals surface area (Å²) in [5.41, 5.74) is 0. The molecule has 1 N–H and O–H groups in total. The van der Waals surface area contributed by atoms with Crippen LogP contribution in [0.15, 0.2) is 30.3 Å². The van der Waals surface area contributed by atoms with Crippen LogP contribution in [0.25, 0.3) is 0 Å². The monoisotopic (exact) mass is 420 g/mol. The first-order valence-corrected chi connectivity index (χ1v) is 12.8. The zero-order valence-electron chi connectivity index (χ0n) is 19.7. The van der Waals surface area contributed by atoms with Crippen LogP contribution >= 0.6 is 0 Å². The lowest BCUT2D eigenvalue weighted by Gasteiger charge is -2.17. The SMILES string of the molecule is CCCCCCCCCCCCCCCCCCOCC(CO)Oc1ccccc1. The van der Waals surface area contributed by atoms with Gasteiger partial charge in [-0.05, 0) is 18.6 Å². The fourth-order valence-corrected chi connectivity index (χ4v) is 3.78. The smallest absolute Gasteiger partial charge is 0.145 e. The lowest BCUT2D eigenvalue weighted by atomic mass is 10.0. The average Bonchev–Trinajstić information content (AvgIpc) is 2.78. The van der Waals surface area contributed by atoms with E-state index in [0.29, 0.717) is 6.61 Å². The van der Waals surface area contributed by atoms with E-state index in [1.807, 2.05) is 30.3 Å². The Balaban J connectivity index is 1.78. The number of hydrogen-bond acceptors (Lipinski definition) is 3. The van der Waals surface area contributed by atoms with E-state index in [4.69, 9.17) is 9.47 Å². The van der Waals surface area contributed by atoms with Crippen LogP contribution in [0.2, 0.25) is 0 Å². The third-order valence-corrected chi connectivity index (χ3v) is 5.70. The van der Waals surface area contributed by atoms with Crippen LogP contribution in [0.1, 0.15) is 110 Å². The van der Waals surface area contributed by atoms with Crippen LogP contribution < -0.4 is 4.74 Å². The number of rotatable bonds is 22. The second-order valence-electron chi connectivity index (χ2n) is 8.61. The van der Waals surface area contributed by atoms with E-state index in [9.17, 15) is 5.11 Å². The number of unbranched alkanes of at least 4 members (excludes halogenated alkanes) is 15. The molecule has 0 spiro atoms. The van der Waals surface area contributed by atoms with E-state index >= 15 is 0 Å². The first-order chi connectivity index (χ1) is 14.9. The molecule has 3 heteroatoms. The Morgan fingerprint density at radius 1 is 0.667 bits per heavy atom. The van der Waals surface area contributed by atoms with Gasteiger partial charge in [0.2, 0.25) is 0 Å². The molecule has 0 saturated heterocycles. The van der Waals surface area contributed by atoms with Crippen molar-refractivity contribution in [3.8, 4) is 5.75 Å². The second kappa shape index (κ2) is 21.2. The van der Waals surface area contributed by atoms with Gasteiger partial charge in [-0.3, -0.25) is 0 Å². The molecule has 1 rings (SSSR count). The van der Waals surface area contributed by atoms with Crippen molar-refractivity contribution in [2.24, 2.45) is 0 Å². The second-order valence-corrected chi connectivity index (χ2v) is 8.61. The number of para-hydroxylation sites is 1. The summed E-state index contributed by atoms with van der Waals surface area (Å²) in [4.78, 5) is 0. The minimum atomic E-state index is -0.284. The van der Waals surface area contributed by atoms with Crippen LogP contribution in [-0.4, -0.2) is 31.0 Å². The Labute approximate surface area is 186 Å². The lowest BCUT2D eigenvalue weighted by Crippen LogP contribution is -2.27. The molecule has 0 aliphatic carbocycles. The largest absolute Gasteiger partial charge is 0.486 e. The lowest BCUT2D eigenvalue weighted by molar-refractivity contribution is 0.0189. The molecule has 0 saturated carbocycles. The van der Waals surface area contributed by atoms with Crippen LogP contribution in [-0.2, 0) is 4.74 Å². The molecular formula is C27H48O3. The van der Waals surface area contributed by atoms with Gasteiger partial charge in [-0.1, -0.05) is 121 Å². The van der Waals surface area contributed by atoms with Gasteiger partial charge < -0.3 is 14.6 Å². The van der Waals surface area contributed by atoms with Gasteiger partial charge in [0.25, 0.3) is 0 Å². The van der Waals surface area contributed by atoms with E-state index in [1.54, 1.807) is 0 Å². The Hall–Kier alpha value is -1.06. The highest BCUT2D eigenvalue weighted by molar-refractivity contribution is 5.21. The Bertz CT molecular complexity index is 449. The molecule has 0 aromatic heterocycles. The van der Waals surface area contributed by atoms with Crippen LogP contribution in [0, 0.1) is 0 Å².